The summed E-state index contributed by atoms with van der Waals surface area (Å²) >= 11 is 0. The maximum absolute atomic E-state index is 14.1. The van der Waals surface area contributed by atoms with E-state index in [1.54, 1.807) is 49.4 Å². The summed E-state index contributed by atoms with van der Waals surface area (Å²) in [6, 6.07) is 19.3. The minimum atomic E-state index is -3.87. The van der Waals surface area contributed by atoms with Crippen LogP contribution < -0.4 is 9.04 Å². The first-order chi connectivity index (χ1) is 15.8. The number of benzene rings is 3. The summed E-state index contributed by atoms with van der Waals surface area (Å²) in [5.41, 5.74) is 1.40. The monoisotopic (exact) mass is 470 g/mol. The van der Waals surface area contributed by atoms with Gasteiger partial charge in [0.2, 0.25) is 0 Å². The molecular weight excluding hydrogens is 443 g/mol. The maximum Gasteiger partial charge on any atom is 0.264 e. The molecule has 0 aliphatic rings. The number of methoxy groups -OCH3 is 1. The summed E-state index contributed by atoms with van der Waals surface area (Å²) in [7, 11) is -2.48. The lowest BCUT2D eigenvalue weighted by atomic mass is 10.1. The van der Waals surface area contributed by atoms with E-state index in [0.29, 0.717) is 17.8 Å². The standard InChI is InChI=1S/C25H27FN2O4S/c1-4-27(18-19-14-15-24(32-3)23(26)16-19)25(29)20-10-9-13-22(17-20)33(30,31)28(5-2)21-11-7-6-8-12-21/h6-17H,4-5,18H2,1-3H3. The van der Waals surface area contributed by atoms with E-state index in [0.717, 1.165) is 0 Å². The molecule has 3 aromatic carbocycles. The lowest BCUT2D eigenvalue weighted by Crippen LogP contribution is -2.32. The summed E-state index contributed by atoms with van der Waals surface area (Å²) in [4.78, 5) is 14.7. The number of anilines is 1. The van der Waals surface area contributed by atoms with Crippen LogP contribution in [0.15, 0.2) is 77.7 Å². The molecule has 0 heterocycles. The maximum atomic E-state index is 14.1. The summed E-state index contributed by atoms with van der Waals surface area (Å²) in [5, 5.41) is 0. The second-order valence-corrected chi connectivity index (χ2v) is 9.18. The van der Waals surface area contributed by atoms with Crippen molar-refractivity contribution >= 4 is 21.6 Å². The van der Waals surface area contributed by atoms with Crippen LogP contribution in [-0.4, -0.2) is 39.4 Å². The van der Waals surface area contributed by atoms with Gasteiger partial charge in [0.25, 0.3) is 15.9 Å². The number of hydrogen-bond donors (Lipinski definition) is 0. The predicted molar refractivity (Wildman–Crippen MR) is 126 cm³/mol. The fourth-order valence-corrected chi connectivity index (χ4v) is 5.06. The molecule has 0 aromatic heterocycles. The Morgan fingerprint density at radius 1 is 0.939 bits per heavy atom. The van der Waals surface area contributed by atoms with Crippen molar-refractivity contribution in [2.24, 2.45) is 0 Å². The van der Waals surface area contributed by atoms with Gasteiger partial charge in [0.15, 0.2) is 11.6 Å². The van der Waals surface area contributed by atoms with Gasteiger partial charge in [-0.2, -0.15) is 0 Å². The number of amides is 1. The van der Waals surface area contributed by atoms with Crippen LogP contribution in [0.25, 0.3) is 0 Å². The Morgan fingerprint density at radius 2 is 1.67 bits per heavy atom. The highest BCUT2D eigenvalue weighted by Crippen LogP contribution is 2.25. The summed E-state index contributed by atoms with van der Waals surface area (Å²) in [5.74, 6) is -0.717. The van der Waals surface area contributed by atoms with Gasteiger partial charge in [-0.25, -0.2) is 12.8 Å². The Balaban J connectivity index is 1.88. The highest BCUT2D eigenvalue weighted by molar-refractivity contribution is 7.92. The molecule has 0 aliphatic heterocycles. The van der Waals surface area contributed by atoms with Crippen molar-refractivity contribution in [3.05, 3.63) is 89.7 Å². The molecule has 8 heteroatoms. The molecule has 6 nitrogen and oxygen atoms in total. The first-order valence-corrected chi connectivity index (χ1v) is 12.0. The largest absolute Gasteiger partial charge is 0.494 e. The molecule has 0 fully saturated rings. The van der Waals surface area contributed by atoms with E-state index in [2.05, 4.69) is 0 Å². The van der Waals surface area contributed by atoms with Crippen LogP contribution in [0.1, 0.15) is 29.8 Å². The number of hydrogen-bond acceptors (Lipinski definition) is 4. The third-order valence-electron chi connectivity index (χ3n) is 5.26. The van der Waals surface area contributed by atoms with Crippen LogP contribution in [0.5, 0.6) is 5.75 Å². The normalized spacial score (nSPS) is 11.2. The number of carbonyl (C=O) groups is 1. The highest BCUT2D eigenvalue weighted by atomic mass is 32.2. The molecule has 0 aliphatic carbocycles. The molecule has 0 unspecified atom stereocenters. The van der Waals surface area contributed by atoms with Crippen molar-refractivity contribution in [1.29, 1.82) is 0 Å². The van der Waals surface area contributed by atoms with Crippen LogP contribution in [0, 0.1) is 5.82 Å². The molecule has 0 radical (unpaired) electrons. The average Bonchev–Trinajstić information content (AvgIpc) is 2.83. The predicted octanol–water partition coefficient (Wildman–Crippen LogP) is 4.71. The van der Waals surface area contributed by atoms with E-state index in [1.165, 1.54) is 40.6 Å². The molecule has 3 aromatic rings. The Hall–Kier alpha value is -3.39. The van der Waals surface area contributed by atoms with Crippen LogP contribution in [0.3, 0.4) is 0 Å². The molecule has 33 heavy (non-hydrogen) atoms. The Bertz CT molecular complexity index is 1220. The molecule has 0 saturated carbocycles. The molecule has 174 valence electrons. The zero-order valence-corrected chi connectivity index (χ0v) is 19.7. The number of halogens is 1. The van der Waals surface area contributed by atoms with E-state index in [9.17, 15) is 17.6 Å². The van der Waals surface area contributed by atoms with Gasteiger partial charge >= 0.3 is 0 Å². The molecule has 0 bridgehead atoms. The fraction of sp³-hybridized carbons (Fsp3) is 0.240. The van der Waals surface area contributed by atoms with Crippen LogP contribution in [0.2, 0.25) is 0 Å². The average molecular weight is 471 g/mol. The lowest BCUT2D eigenvalue weighted by Gasteiger charge is -2.24. The minimum absolute atomic E-state index is 0.0330. The van der Waals surface area contributed by atoms with Crippen molar-refractivity contribution in [2.75, 3.05) is 24.5 Å². The van der Waals surface area contributed by atoms with Gasteiger partial charge in [0.05, 0.1) is 17.7 Å². The zero-order chi connectivity index (χ0) is 24.0. The van der Waals surface area contributed by atoms with Crippen molar-refractivity contribution in [2.45, 2.75) is 25.3 Å². The smallest absolute Gasteiger partial charge is 0.264 e. The van der Waals surface area contributed by atoms with Gasteiger partial charge in [0.1, 0.15) is 0 Å². The summed E-state index contributed by atoms with van der Waals surface area (Å²) < 4.78 is 46.9. The van der Waals surface area contributed by atoms with E-state index in [1.807, 2.05) is 13.0 Å². The third kappa shape index (κ3) is 5.34. The Kier molecular flexibility index (Phi) is 7.71. The van der Waals surface area contributed by atoms with E-state index in [4.69, 9.17) is 4.74 Å². The number of carbonyl (C=O) groups excluding carboxylic acids is 1. The molecule has 1 amide bonds. The molecule has 0 spiro atoms. The van der Waals surface area contributed by atoms with Gasteiger partial charge < -0.3 is 9.64 Å². The number of sulfonamides is 1. The SMILES string of the molecule is CCN(Cc1ccc(OC)c(F)c1)C(=O)c1cccc(S(=O)(=O)N(CC)c2ccccc2)c1. The van der Waals surface area contributed by atoms with Crippen molar-refractivity contribution < 1.29 is 22.3 Å². The minimum Gasteiger partial charge on any atom is -0.494 e. The van der Waals surface area contributed by atoms with Gasteiger partial charge in [-0.3, -0.25) is 9.10 Å². The quantitative estimate of drug-likeness (QED) is 0.454. The summed E-state index contributed by atoms with van der Waals surface area (Å²) in [6.45, 7) is 4.36. The van der Waals surface area contributed by atoms with Gasteiger partial charge in [-0.15, -0.1) is 0 Å². The van der Waals surface area contributed by atoms with Crippen LogP contribution in [0.4, 0.5) is 10.1 Å². The van der Waals surface area contributed by atoms with Crippen molar-refractivity contribution in [3.8, 4) is 5.75 Å². The number of nitrogens with zero attached hydrogens (tertiary/aromatic N) is 2. The number of para-hydroxylation sites is 1. The topological polar surface area (TPSA) is 66.9 Å². The molecule has 0 N–H and O–H groups in total. The molecular formula is C25H27FN2O4S. The highest BCUT2D eigenvalue weighted by Gasteiger charge is 2.25. The summed E-state index contributed by atoms with van der Waals surface area (Å²) in [6.07, 6.45) is 0. The van der Waals surface area contributed by atoms with Gasteiger partial charge in [0, 0.05) is 25.2 Å². The molecule has 0 atom stereocenters. The first kappa shape index (κ1) is 24.3. The first-order valence-electron chi connectivity index (χ1n) is 10.6. The second kappa shape index (κ2) is 10.5. The Morgan fingerprint density at radius 3 is 2.27 bits per heavy atom. The van der Waals surface area contributed by atoms with Crippen molar-refractivity contribution in [3.63, 3.8) is 0 Å². The molecule has 0 saturated heterocycles. The van der Waals surface area contributed by atoms with Gasteiger partial charge in [-0.05, 0) is 61.9 Å². The van der Waals surface area contributed by atoms with E-state index in [-0.39, 0.29) is 35.2 Å². The fourth-order valence-electron chi connectivity index (χ4n) is 3.54. The van der Waals surface area contributed by atoms with E-state index < -0.39 is 15.8 Å². The number of rotatable bonds is 9. The second-order valence-electron chi connectivity index (χ2n) is 7.32. The van der Waals surface area contributed by atoms with Crippen LogP contribution >= 0.6 is 0 Å². The molecule has 3 rings (SSSR count). The van der Waals surface area contributed by atoms with Crippen LogP contribution in [-0.2, 0) is 16.6 Å². The van der Waals surface area contributed by atoms with E-state index >= 15 is 0 Å². The lowest BCUT2D eigenvalue weighted by molar-refractivity contribution is 0.0752. The number of ether oxygens (including phenoxy) is 1. The Labute approximate surface area is 194 Å². The van der Waals surface area contributed by atoms with Crippen molar-refractivity contribution in [1.82, 2.24) is 4.90 Å². The zero-order valence-electron chi connectivity index (χ0n) is 18.9. The third-order valence-corrected chi connectivity index (χ3v) is 7.16. The van der Waals surface area contributed by atoms with Gasteiger partial charge in [-0.1, -0.05) is 30.3 Å².